The average molecular weight is 242 g/mol. The summed E-state index contributed by atoms with van der Waals surface area (Å²) in [6.07, 6.45) is 0.325. The topological polar surface area (TPSA) is 92.5 Å². The quantitative estimate of drug-likeness (QED) is 0.576. The molecule has 0 aromatic heterocycles. The van der Waals surface area contributed by atoms with Gasteiger partial charge in [-0.15, -0.1) is 0 Å². The van der Waals surface area contributed by atoms with Crippen molar-refractivity contribution in [1.29, 1.82) is 0 Å². The summed E-state index contributed by atoms with van der Waals surface area (Å²) in [7, 11) is 0. The molecule has 0 bridgehead atoms. The molecule has 0 aliphatic carbocycles. The molecule has 0 amide bonds. The molecule has 0 saturated carbocycles. The van der Waals surface area contributed by atoms with Crippen LogP contribution in [0.3, 0.4) is 0 Å². The Morgan fingerprint density at radius 2 is 2.06 bits per heavy atom. The zero-order chi connectivity index (χ0) is 12.0. The minimum absolute atomic E-state index is 0.325. The van der Waals surface area contributed by atoms with Gasteiger partial charge in [0.2, 0.25) is 0 Å². The predicted octanol–water partition coefficient (Wildman–Crippen LogP) is -0.0638. The van der Waals surface area contributed by atoms with Crippen molar-refractivity contribution in [2.75, 3.05) is 5.94 Å². The molecule has 1 unspecified atom stereocenters. The molecule has 1 rings (SSSR count). The Morgan fingerprint density at radius 1 is 1.44 bits per heavy atom. The van der Waals surface area contributed by atoms with Crippen molar-refractivity contribution < 1.29 is 18.3 Å². The standard InChI is InChI=1S/C10H13NO4S/c11-9(10(12)15-7-16(13)14)6-8-4-2-1-3-5-8/h1-5,9H,6-7,11H2,(H,13,14)/p-1/t9-/m0/s1. The summed E-state index contributed by atoms with van der Waals surface area (Å²) >= 11 is -2.40. The van der Waals surface area contributed by atoms with E-state index in [4.69, 9.17) is 5.73 Å². The van der Waals surface area contributed by atoms with Gasteiger partial charge in [-0.1, -0.05) is 30.3 Å². The van der Waals surface area contributed by atoms with E-state index in [0.29, 0.717) is 6.42 Å². The number of rotatable bonds is 5. The van der Waals surface area contributed by atoms with Crippen LogP contribution in [0, 0.1) is 0 Å². The predicted molar refractivity (Wildman–Crippen MR) is 58.0 cm³/mol. The lowest BCUT2D eigenvalue weighted by Crippen LogP contribution is -2.34. The molecule has 1 aromatic carbocycles. The Hall–Kier alpha value is -1.24. The highest BCUT2D eigenvalue weighted by atomic mass is 32.2. The summed E-state index contributed by atoms with van der Waals surface area (Å²) < 4.78 is 24.8. The van der Waals surface area contributed by atoms with Crippen LogP contribution in [-0.2, 0) is 27.0 Å². The Balaban J connectivity index is 2.43. The Morgan fingerprint density at radius 3 is 2.62 bits per heavy atom. The minimum Gasteiger partial charge on any atom is -0.770 e. The molecule has 1 aromatic rings. The molecule has 0 spiro atoms. The summed E-state index contributed by atoms with van der Waals surface area (Å²) in [5.74, 6) is -1.37. The second-order valence-electron chi connectivity index (χ2n) is 3.18. The van der Waals surface area contributed by atoms with Crippen molar-refractivity contribution in [2.24, 2.45) is 5.73 Å². The Kier molecular flexibility index (Phi) is 5.10. The number of nitrogens with two attached hydrogens (primary N) is 1. The molecule has 0 fully saturated rings. The van der Waals surface area contributed by atoms with Crippen molar-refractivity contribution >= 4 is 17.0 Å². The maximum atomic E-state index is 11.2. The van der Waals surface area contributed by atoms with Gasteiger partial charge in [0.1, 0.15) is 6.04 Å². The second-order valence-corrected chi connectivity index (χ2v) is 4.02. The molecule has 16 heavy (non-hydrogen) atoms. The van der Waals surface area contributed by atoms with Crippen molar-refractivity contribution in [3.8, 4) is 0 Å². The first-order valence-electron chi connectivity index (χ1n) is 4.61. The van der Waals surface area contributed by atoms with Crippen molar-refractivity contribution in [3.63, 3.8) is 0 Å². The van der Waals surface area contributed by atoms with Crippen LogP contribution in [0.2, 0.25) is 0 Å². The lowest BCUT2D eigenvalue weighted by Gasteiger charge is -2.12. The number of benzene rings is 1. The first kappa shape index (κ1) is 12.8. The first-order chi connectivity index (χ1) is 7.59. The molecule has 88 valence electrons. The summed E-state index contributed by atoms with van der Waals surface area (Å²) in [5.41, 5.74) is 6.46. The van der Waals surface area contributed by atoms with Crippen LogP contribution in [0.1, 0.15) is 5.56 Å². The second kappa shape index (κ2) is 6.37. The van der Waals surface area contributed by atoms with Gasteiger partial charge in [0.25, 0.3) is 0 Å². The summed E-state index contributed by atoms with van der Waals surface area (Å²) in [5, 5.41) is 0. The smallest absolute Gasteiger partial charge is 0.324 e. The lowest BCUT2D eigenvalue weighted by molar-refractivity contribution is -0.143. The SMILES string of the molecule is N[C@@H](Cc1ccccc1)C(=O)OCS(=O)[O-]. The van der Waals surface area contributed by atoms with Gasteiger partial charge >= 0.3 is 5.97 Å². The van der Waals surface area contributed by atoms with Crippen LogP contribution in [-0.4, -0.2) is 26.7 Å². The molecule has 0 heterocycles. The van der Waals surface area contributed by atoms with E-state index in [2.05, 4.69) is 4.74 Å². The molecule has 6 heteroatoms. The normalized spacial score (nSPS) is 14.1. The highest BCUT2D eigenvalue weighted by molar-refractivity contribution is 7.78. The molecule has 2 N–H and O–H groups in total. The molecule has 0 radical (unpaired) electrons. The van der Waals surface area contributed by atoms with Gasteiger partial charge in [0.15, 0.2) is 5.94 Å². The number of carbonyl (C=O) groups is 1. The maximum absolute atomic E-state index is 11.2. The summed E-state index contributed by atoms with van der Waals surface area (Å²) in [6, 6.07) is 8.34. The third kappa shape index (κ3) is 4.52. The van der Waals surface area contributed by atoms with Gasteiger partial charge in [-0.3, -0.25) is 9.00 Å². The van der Waals surface area contributed by atoms with E-state index in [9.17, 15) is 13.6 Å². The fourth-order valence-electron chi connectivity index (χ4n) is 1.16. The van der Waals surface area contributed by atoms with Crippen LogP contribution in [0.4, 0.5) is 0 Å². The summed E-state index contributed by atoms with van der Waals surface area (Å²) in [4.78, 5) is 11.2. The Labute approximate surface area is 95.9 Å². The van der Waals surface area contributed by atoms with E-state index in [0.717, 1.165) is 5.56 Å². The first-order valence-corrected chi connectivity index (χ1v) is 5.86. The monoisotopic (exact) mass is 242 g/mol. The molecule has 0 saturated heterocycles. The maximum Gasteiger partial charge on any atom is 0.324 e. The molecule has 0 aliphatic rings. The van der Waals surface area contributed by atoms with E-state index >= 15 is 0 Å². The molecule has 5 nitrogen and oxygen atoms in total. The van der Waals surface area contributed by atoms with Gasteiger partial charge in [-0.2, -0.15) is 0 Å². The molecular formula is C10H12NO4S-. The zero-order valence-electron chi connectivity index (χ0n) is 8.50. The van der Waals surface area contributed by atoms with E-state index in [1.165, 1.54) is 0 Å². The highest BCUT2D eigenvalue weighted by Crippen LogP contribution is 2.02. The van der Waals surface area contributed by atoms with E-state index < -0.39 is 29.0 Å². The van der Waals surface area contributed by atoms with Gasteiger partial charge in [-0.25, -0.2) is 0 Å². The number of hydrogen-bond donors (Lipinski definition) is 1. The third-order valence-electron chi connectivity index (χ3n) is 1.90. The molecule has 0 aliphatic heterocycles. The minimum atomic E-state index is -2.40. The zero-order valence-corrected chi connectivity index (χ0v) is 9.31. The average Bonchev–Trinajstić information content (AvgIpc) is 2.27. The third-order valence-corrected chi connectivity index (χ3v) is 2.21. The number of carbonyl (C=O) groups excluding carboxylic acids is 1. The van der Waals surface area contributed by atoms with Crippen molar-refractivity contribution in [2.45, 2.75) is 12.5 Å². The highest BCUT2D eigenvalue weighted by Gasteiger charge is 2.15. The van der Waals surface area contributed by atoms with Crippen LogP contribution in [0.15, 0.2) is 30.3 Å². The van der Waals surface area contributed by atoms with Gasteiger partial charge in [0, 0.05) is 0 Å². The van der Waals surface area contributed by atoms with Crippen LogP contribution >= 0.6 is 0 Å². The van der Waals surface area contributed by atoms with Crippen molar-refractivity contribution in [3.05, 3.63) is 35.9 Å². The molecule has 2 atom stereocenters. The van der Waals surface area contributed by atoms with Crippen LogP contribution in [0.25, 0.3) is 0 Å². The Bertz CT molecular complexity index is 368. The van der Waals surface area contributed by atoms with Crippen LogP contribution < -0.4 is 5.73 Å². The fourth-order valence-corrected chi connectivity index (χ4v) is 1.38. The van der Waals surface area contributed by atoms with Crippen LogP contribution in [0.5, 0.6) is 0 Å². The lowest BCUT2D eigenvalue weighted by atomic mass is 10.1. The number of esters is 1. The van der Waals surface area contributed by atoms with Gasteiger partial charge < -0.3 is 15.0 Å². The van der Waals surface area contributed by atoms with E-state index in [1.807, 2.05) is 30.3 Å². The van der Waals surface area contributed by atoms with Gasteiger partial charge in [-0.05, 0) is 23.1 Å². The van der Waals surface area contributed by atoms with E-state index in [-0.39, 0.29) is 0 Å². The van der Waals surface area contributed by atoms with Crippen molar-refractivity contribution in [1.82, 2.24) is 0 Å². The number of hydrogen-bond acceptors (Lipinski definition) is 5. The largest absolute Gasteiger partial charge is 0.770 e. The number of ether oxygens (including phenoxy) is 1. The summed E-state index contributed by atoms with van der Waals surface area (Å²) in [6.45, 7) is 0. The fraction of sp³-hybridized carbons (Fsp3) is 0.300. The van der Waals surface area contributed by atoms with Gasteiger partial charge in [0.05, 0.1) is 0 Å². The van der Waals surface area contributed by atoms with E-state index in [1.54, 1.807) is 0 Å². The molecular weight excluding hydrogens is 230 g/mol.